The van der Waals surface area contributed by atoms with Gasteiger partial charge in [-0.25, -0.2) is 14.4 Å². The monoisotopic (exact) mass is 705 g/mol. The van der Waals surface area contributed by atoms with E-state index in [1.165, 1.54) is 0 Å². The highest BCUT2D eigenvalue weighted by Crippen LogP contribution is 2.47. The Kier molecular flexibility index (Phi) is 8.91. The maximum absolute atomic E-state index is 16.7. The normalized spacial score (nSPS) is 19.8. The molecule has 2 amide bonds. The highest BCUT2D eigenvalue weighted by molar-refractivity contribution is 5.81. The van der Waals surface area contributed by atoms with Gasteiger partial charge >= 0.3 is 0 Å². The number of nitrogens with zero attached hydrogens (tertiary/aromatic N) is 6. The second-order valence-electron chi connectivity index (χ2n) is 14.5. The zero-order valence-corrected chi connectivity index (χ0v) is 30.2. The number of hydrogen-bond acceptors (Lipinski definition) is 9. The number of pyridine rings is 1. The third-order valence-electron chi connectivity index (χ3n) is 11.4. The lowest BCUT2D eigenvalue weighted by atomic mass is 9.86. The summed E-state index contributed by atoms with van der Waals surface area (Å²) in [6.07, 6.45) is 5.01. The zero-order chi connectivity index (χ0) is 36.1. The summed E-state index contributed by atoms with van der Waals surface area (Å²) in [5.74, 6) is 0.861. The van der Waals surface area contributed by atoms with E-state index in [1.807, 2.05) is 42.2 Å². The van der Waals surface area contributed by atoms with E-state index in [-0.39, 0.29) is 29.2 Å². The summed E-state index contributed by atoms with van der Waals surface area (Å²) in [6, 6.07) is 13.4. The molecule has 3 fully saturated rings. The number of piperazine rings is 1. The molecule has 270 valence electrons. The number of halogens is 1. The lowest BCUT2D eigenvalue weighted by Crippen LogP contribution is -2.67. The molecule has 3 saturated heterocycles. The largest absolute Gasteiger partial charge is 0.481 e. The number of benzene rings is 2. The van der Waals surface area contributed by atoms with Crippen LogP contribution in [0.15, 0.2) is 48.7 Å². The Morgan fingerprint density at radius 1 is 0.942 bits per heavy atom. The van der Waals surface area contributed by atoms with Crippen LogP contribution in [-0.2, 0) is 22.6 Å². The number of likely N-dealkylation sites (tertiary alicyclic amines) is 1. The quantitative estimate of drug-likeness (QED) is 0.272. The molecule has 4 aromatic rings. The van der Waals surface area contributed by atoms with Gasteiger partial charge in [-0.3, -0.25) is 24.4 Å². The molecule has 4 aliphatic rings. The topological polar surface area (TPSA) is 113 Å². The Balaban J connectivity index is 1.05. The molecule has 0 unspecified atom stereocenters. The molecule has 1 aliphatic carbocycles. The van der Waals surface area contributed by atoms with Gasteiger partial charge in [0.25, 0.3) is 0 Å². The molecular formula is C40H44FN7O4. The fourth-order valence-electron chi connectivity index (χ4n) is 8.58. The summed E-state index contributed by atoms with van der Waals surface area (Å²) in [4.78, 5) is 44.6. The van der Waals surface area contributed by atoms with Crippen molar-refractivity contribution < 1.29 is 23.5 Å². The highest BCUT2D eigenvalue weighted by Gasteiger charge is 2.51. The molecule has 0 radical (unpaired) electrons. The summed E-state index contributed by atoms with van der Waals surface area (Å²) in [7, 11) is 3.22. The number of aryl methyl sites for hydroxylation is 1. The summed E-state index contributed by atoms with van der Waals surface area (Å²) >= 11 is 0. The van der Waals surface area contributed by atoms with Crippen LogP contribution >= 0.6 is 0 Å². The van der Waals surface area contributed by atoms with Gasteiger partial charge in [-0.1, -0.05) is 30.3 Å². The van der Waals surface area contributed by atoms with E-state index in [0.717, 1.165) is 79.0 Å². The van der Waals surface area contributed by atoms with E-state index >= 15 is 4.39 Å². The van der Waals surface area contributed by atoms with Gasteiger partial charge in [0.1, 0.15) is 11.5 Å². The van der Waals surface area contributed by atoms with Gasteiger partial charge in [-0.2, -0.15) is 0 Å². The lowest BCUT2D eigenvalue weighted by Gasteiger charge is -2.50. The van der Waals surface area contributed by atoms with Crippen molar-refractivity contribution in [2.45, 2.75) is 57.7 Å². The van der Waals surface area contributed by atoms with Crippen molar-refractivity contribution in [3.8, 4) is 45.4 Å². The molecule has 3 aliphatic heterocycles. The van der Waals surface area contributed by atoms with Crippen molar-refractivity contribution in [1.82, 2.24) is 35.0 Å². The first-order valence-corrected chi connectivity index (χ1v) is 18.1. The van der Waals surface area contributed by atoms with Crippen LogP contribution < -0.4 is 14.8 Å². The average molecular weight is 706 g/mol. The van der Waals surface area contributed by atoms with Gasteiger partial charge < -0.3 is 19.7 Å². The van der Waals surface area contributed by atoms with Crippen molar-refractivity contribution in [3.63, 3.8) is 0 Å². The SMILES string of the molecule is COc1nc(-c2cccc(-c3cccc(-c4cc5c(c(OC)n4)[C@@H](N4CC6(CCC(=O)N6)C4)CC5)c3F)c2C)cnc1CN1CCN(C(C)=O)CC1. The summed E-state index contributed by atoms with van der Waals surface area (Å²) < 4.78 is 28.2. The fourth-order valence-corrected chi connectivity index (χ4v) is 8.58. The van der Waals surface area contributed by atoms with E-state index in [9.17, 15) is 9.59 Å². The van der Waals surface area contributed by atoms with Crippen LogP contribution in [0.4, 0.5) is 4.39 Å². The molecule has 2 aromatic carbocycles. The van der Waals surface area contributed by atoms with Gasteiger partial charge in [0, 0.05) is 87.5 Å². The molecule has 1 spiro atoms. The molecule has 12 heteroatoms. The molecule has 52 heavy (non-hydrogen) atoms. The number of ether oxygens (including phenoxy) is 2. The van der Waals surface area contributed by atoms with E-state index in [0.29, 0.717) is 60.3 Å². The third-order valence-corrected chi connectivity index (χ3v) is 11.4. The first-order valence-electron chi connectivity index (χ1n) is 18.1. The standard InChI is InChI=1S/C40H44FN7O4/c1-24-27(7-5-8-28(24)32-20-42-33(38(44-32)51-3)21-46-15-17-47(18-16-46)25(2)49)29-9-6-10-30(37(29)41)31-19-26-11-12-34(36(26)39(43-31)52-4)48-22-40(23-48)14-13-35(50)45-40/h5-10,19-20,34H,11-18,21-23H2,1-4H3,(H,45,50)/t34-/m0/s1. The Labute approximate surface area is 303 Å². The van der Waals surface area contributed by atoms with Crippen LogP contribution in [0.1, 0.15) is 54.6 Å². The maximum Gasteiger partial charge on any atom is 0.237 e. The molecule has 5 heterocycles. The van der Waals surface area contributed by atoms with Crippen LogP contribution in [0.5, 0.6) is 11.8 Å². The number of aromatic nitrogens is 3. The van der Waals surface area contributed by atoms with Crippen LogP contribution in [0, 0.1) is 12.7 Å². The van der Waals surface area contributed by atoms with Crippen molar-refractivity contribution in [2.24, 2.45) is 0 Å². The molecule has 8 rings (SSSR count). The van der Waals surface area contributed by atoms with E-state index in [4.69, 9.17) is 24.4 Å². The van der Waals surface area contributed by atoms with E-state index < -0.39 is 0 Å². The second kappa shape index (κ2) is 13.6. The van der Waals surface area contributed by atoms with Crippen molar-refractivity contribution in [2.75, 3.05) is 53.5 Å². The van der Waals surface area contributed by atoms with Gasteiger partial charge in [0.15, 0.2) is 0 Å². The summed E-state index contributed by atoms with van der Waals surface area (Å²) in [5.41, 5.74) is 7.36. The number of carbonyl (C=O) groups is 2. The fraction of sp³-hybridized carbons (Fsp3) is 0.425. The van der Waals surface area contributed by atoms with Crippen LogP contribution in [0.2, 0.25) is 0 Å². The number of rotatable bonds is 8. The predicted octanol–water partition coefficient (Wildman–Crippen LogP) is 4.95. The summed E-state index contributed by atoms with van der Waals surface area (Å²) in [5, 5.41) is 3.18. The first-order chi connectivity index (χ1) is 25.2. The maximum atomic E-state index is 16.7. The van der Waals surface area contributed by atoms with Gasteiger partial charge in [0.2, 0.25) is 23.6 Å². The lowest BCUT2D eigenvalue weighted by molar-refractivity contribution is -0.130. The first kappa shape index (κ1) is 34.2. The van der Waals surface area contributed by atoms with Crippen LogP contribution in [0.25, 0.3) is 33.6 Å². The number of amides is 2. The smallest absolute Gasteiger partial charge is 0.237 e. The van der Waals surface area contributed by atoms with Crippen molar-refractivity contribution in [3.05, 3.63) is 76.9 Å². The minimum absolute atomic E-state index is 0.0954. The average Bonchev–Trinajstić information content (AvgIpc) is 3.75. The number of methoxy groups -OCH3 is 2. The van der Waals surface area contributed by atoms with Gasteiger partial charge in [-0.05, 0) is 55.0 Å². The van der Waals surface area contributed by atoms with E-state index in [2.05, 4.69) is 15.1 Å². The molecule has 1 atom stereocenters. The predicted molar refractivity (Wildman–Crippen MR) is 194 cm³/mol. The number of nitrogens with one attached hydrogen (secondary N) is 1. The third kappa shape index (κ3) is 6.07. The Hall–Kier alpha value is -4.94. The minimum Gasteiger partial charge on any atom is -0.481 e. The summed E-state index contributed by atoms with van der Waals surface area (Å²) in [6.45, 7) is 8.68. The second-order valence-corrected chi connectivity index (χ2v) is 14.5. The highest BCUT2D eigenvalue weighted by atomic mass is 19.1. The Morgan fingerprint density at radius 3 is 2.33 bits per heavy atom. The Bertz CT molecular complexity index is 2060. The number of hydrogen-bond donors (Lipinski definition) is 1. The Morgan fingerprint density at radius 2 is 1.63 bits per heavy atom. The number of carbonyl (C=O) groups excluding carboxylic acids is 2. The van der Waals surface area contributed by atoms with E-state index in [1.54, 1.807) is 39.5 Å². The van der Waals surface area contributed by atoms with Crippen molar-refractivity contribution >= 4 is 11.8 Å². The number of fused-ring (bicyclic) bond motifs is 1. The molecule has 1 N–H and O–H groups in total. The zero-order valence-electron chi connectivity index (χ0n) is 30.2. The minimum atomic E-state index is -0.350. The van der Waals surface area contributed by atoms with Crippen LogP contribution in [0.3, 0.4) is 0 Å². The van der Waals surface area contributed by atoms with Crippen molar-refractivity contribution in [1.29, 1.82) is 0 Å². The van der Waals surface area contributed by atoms with Crippen LogP contribution in [-0.4, -0.2) is 100 Å². The molecule has 0 saturated carbocycles. The molecule has 0 bridgehead atoms. The molecular weight excluding hydrogens is 661 g/mol. The molecule has 11 nitrogen and oxygen atoms in total. The molecule has 2 aromatic heterocycles. The van der Waals surface area contributed by atoms with Gasteiger partial charge in [-0.15, -0.1) is 0 Å². The van der Waals surface area contributed by atoms with Gasteiger partial charge in [0.05, 0.1) is 37.3 Å².